The van der Waals surface area contributed by atoms with E-state index in [-0.39, 0.29) is 16.4 Å². The number of aromatic amines is 1. The molecule has 1 aromatic carbocycles. The van der Waals surface area contributed by atoms with Crippen LogP contribution in [0.2, 0.25) is 0 Å². The maximum Gasteiger partial charge on any atom is 0.435 e. The summed E-state index contributed by atoms with van der Waals surface area (Å²) in [6, 6.07) is 7.72. The van der Waals surface area contributed by atoms with E-state index < -0.39 is 11.9 Å². The molecule has 0 spiro atoms. The molecule has 0 saturated heterocycles. The van der Waals surface area contributed by atoms with Crippen LogP contribution < -0.4 is 5.73 Å². The second-order valence-corrected chi connectivity index (χ2v) is 7.26. The van der Waals surface area contributed by atoms with Gasteiger partial charge in [0.05, 0.1) is 5.39 Å². The number of fused-ring (bicyclic) bond motifs is 1. The van der Waals surface area contributed by atoms with E-state index in [1.54, 1.807) is 6.07 Å². The summed E-state index contributed by atoms with van der Waals surface area (Å²) in [6.45, 7) is 2.59. The van der Waals surface area contributed by atoms with Crippen LogP contribution in [-0.4, -0.2) is 21.7 Å². The fraction of sp³-hybridized carbons (Fsp3) is 0.400. The zero-order chi connectivity index (χ0) is 19.2. The lowest BCUT2D eigenvalue weighted by molar-refractivity contribution is -0.139. The number of nitrogens with one attached hydrogen (secondary N) is 1. The van der Waals surface area contributed by atoms with Crippen molar-refractivity contribution < 1.29 is 13.2 Å². The second kappa shape index (κ2) is 6.34. The first-order valence-corrected chi connectivity index (χ1v) is 9.13. The molecule has 3 aromatic rings. The molecule has 0 aliphatic heterocycles. The normalized spacial score (nSPS) is 16.5. The van der Waals surface area contributed by atoms with E-state index in [9.17, 15) is 13.2 Å². The summed E-state index contributed by atoms with van der Waals surface area (Å²) in [6.07, 6.45) is 0.919. The van der Waals surface area contributed by atoms with Crippen LogP contribution in [0.1, 0.15) is 43.0 Å². The van der Waals surface area contributed by atoms with Crippen LogP contribution in [0.5, 0.6) is 0 Å². The lowest BCUT2D eigenvalue weighted by Crippen LogP contribution is -2.41. The number of nitrogens with zero attached hydrogens (tertiary/aromatic N) is 2. The van der Waals surface area contributed by atoms with Gasteiger partial charge in [0.15, 0.2) is 11.3 Å². The maximum atomic E-state index is 13.5. The minimum Gasteiger partial charge on any atom is -0.330 e. The third-order valence-electron chi connectivity index (χ3n) is 5.76. The number of pyridine rings is 1. The van der Waals surface area contributed by atoms with Crippen molar-refractivity contribution >= 4 is 11.0 Å². The largest absolute Gasteiger partial charge is 0.435 e. The summed E-state index contributed by atoms with van der Waals surface area (Å²) in [5.41, 5.74) is 8.66. The Morgan fingerprint density at radius 1 is 1.22 bits per heavy atom. The monoisotopic (exact) mass is 374 g/mol. The first kappa shape index (κ1) is 18.0. The third-order valence-corrected chi connectivity index (χ3v) is 5.76. The molecule has 142 valence electrons. The molecule has 7 heteroatoms. The number of H-pyrrole nitrogens is 1. The maximum absolute atomic E-state index is 13.5. The number of halogens is 3. The molecule has 4 rings (SSSR count). The van der Waals surface area contributed by atoms with Crippen molar-refractivity contribution in [3.63, 3.8) is 0 Å². The molecule has 1 aliphatic carbocycles. The van der Waals surface area contributed by atoms with Gasteiger partial charge < -0.3 is 5.73 Å². The highest BCUT2D eigenvalue weighted by atomic mass is 19.4. The molecule has 0 bridgehead atoms. The average Bonchev–Trinajstić information content (AvgIpc) is 3.05. The Labute approximate surface area is 155 Å². The van der Waals surface area contributed by atoms with Gasteiger partial charge in [-0.05, 0) is 47.6 Å². The number of nitrogens with two attached hydrogens (primary N) is 1. The summed E-state index contributed by atoms with van der Waals surface area (Å²) in [5.74, 6) is 0. The van der Waals surface area contributed by atoms with Gasteiger partial charge >= 0.3 is 6.18 Å². The number of alkyl halides is 3. The molecule has 1 fully saturated rings. The summed E-state index contributed by atoms with van der Waals surface area (Å²) in [5, 5.41) is 5.90. The number of rotatable bonds is 4. The summed E-state index contributed by atoms with van der Waals surface area (Å²) in [7, 11) is 0. The van der Waals surface area contributed by atoms with Crippen LogP contribution in [0, 0.1) is 0 Å². The fourth-order valence-electron chi connectivity index (χ4n) is 3.97. The van der Waals surface area contributed by atoms with Gasteiger partial charge in [0.25, 0.3) is 0 Å². The van der Waals surface area contributed by atoms with Gasteiger partial charge in [-0.3, -0.25) is 5.10 Å². The van der Waals surface area contributed by atoms with E-state index in [0.717, 1.165) is 42.4 Å². The van der Waals surface area contributed by atoms with Gasteiger partial charge in [-0.15, -0.1) is 0 Å². The van der Waals surface area contributed by atoms with Gasteiger partial charge in [0, 0.05) is 18.2 Å². The number of hydrogen-bond acceptors (Lipinski definition) is 3. The molecule has 0 radical (unpaired) electrons. The molecule has 1 aliphatic rings. The van der Waals surface area contributed by atoms with Crippen LogP contribution >= 0.6 is 0 Å². The summed E-state index contributed by atoms with van der Waals surface area (Å²) >= 11 is 0. The van der Waals surface area contributed by atoms with E-state index >= 15 is 0 Å². The first-order chi connectivity index (χ1) is 12.9. The molecular weight excluding hydrogens is 353 g/mol. The predicted molar refractivity (Wildman–Crippen MR) is 98.3 cm³/mol. The van der Waals surface area contributed by atoms with Gasteiger partial charge in [0.1, 0.15) is 0 Å². The van der Waals surface area contributed by atoms with E-state index in [2.05, 4.69) is 21.2 Å². The van der Waals surface area contributed by atoms with Crippen LogP contribution in [0.15, 0.2) is 30.5 Å². The van der Waals surface area contributed by atoms with Crippen molar-refractivity contribution in [2.45, 2.75) is 44.2 Å². The van der Waals surface area contributed by atoms with Gasteiger partial charge in [-0.1, -0.05) is 31.5 Å². The number of benzene rings is 1. The zero-order valence-electron chi connectivity index (χ0n) is 15.0. The molecule has 2 heterocycles. The second-order valence-electron chi connectivity index (χ2n) is 7.26. The van der Waals surface area contributed by atoms with E-state index in [1.807, 2.05) is 19.1 Å². The van der Waals surface area contributed by atoms with Crippen LogP contribution in [0.25, 0.3) is 22.2 Å². The van der Waals surface area contributed by atoms with Gasteiger partial charge in [-0.2, -0.15) is 18.3 Å². The summed E-state index contributed by atoms with van der Waals surface area (Å²) in [4.78, 5) is 4.02. The molecular formula is C20H21F3N4. The summed E-state index contributed by atoms with van der Waals surface area (Å²) < 4.78 is 40.4. The molecule has 2 aromatic heterocycles. The smallest absolute Gasteiger partial charge is 0.330 e. The van der Waals surface area contributed by atoms with Crippen LogP contribution in [-0.2, 0) is 18.0 Å². The Kier molecular flexibility index (Phi) is 4.22. The van der Waals surface area contributed by atoms with Crippen molar-refractivity contribution in [1.29, 1.82) is 0 Å². The molecule has 0 amide bonds. The fourth-order valence-corrected chi connectivity index (χ4v) is 3.97. The quantitative estimate of drug-likeness (QED) is 0.702. The van der Waals surface area contributed by atoms with E-state index in [1.165, 1.54) is 6.20 Å². The van der Waals surface area contributed by atoms with Gasteiger partial charge in [0.2, 0.25) is 0 Å². The Morgan fingerprint density at radius 3 is 2.59 bits per heavy atom. The Hall–Kier alpha value is -2.41. The third kappa shape index (κ3) is 2.90. The highest BCUT2D eigenvalue weighted by Crippen LogP contribution is 2.45. The molecule has 3 N–H and O–H groups in total. The zero-order valence-corrected chi connectivity index (χ0v) is 15.0. The molecule has 0 unspecified atom stereocenters. The first-order valence-electron chi connectivity index (χ1n) is 9.13. The lowest BCUT2D eigenvalue weighted by Gasteiger charge is -2.42. The molecule has 0 atom stereocenters. The Balaban J connectivity index is 1.95. The topological polar surface area (TPSA) is 67.6 Å². The van der Waals surface area contributed by atoms with Gasteiger partial charge in [-0.25, -0.2) is 4.98 Å². The van der Waals surface area contributed by atoms with Crippen molar-refractivity contribution in [3.8, 4) is 11.1 Å². The minimum atomic E-state index is -4.55. The van der Waals surface area contributed by atoms with Crippen molar-refractivity contribution in [3.05, 3.63) is 47.3 Å². The number of aromatic nitrogens is 3. The molecule has 27 heavy (non-hydrogen) atoms. The highest BCUT2D eigenvalue weighted by Gasteiger charge is 2.39. The number of hydrogen-bond donors (Lipinski definition) is 2. The van der Waals surface area contributed by atoms with E-state index in [0.29, 0.717) is 12.1 Å². The van der Waals surface area contributed by atoms with Crippen molar-refractivity contribution in [1.82, 2.24) is 15.2 Å². The molecule has 1 saturated carbocycles. The molecule has 4 nitrogen and oxygen atoms in total. The Morgan fingerprint density at radius 2 is 2.00 bits per heavy atom. The van der Waals surface area contributed by atoms with Crippen LogP contribution in [0.3, 0.4) is 0 Å². The Bertz CT molecular complexity index is 981. The van der Waals surface area contributed by atoms with Crippen LogP contribution in [0.4, 0.5) is 13.2 Å². The standard InChI is InChI=1S/C20H21F3N4/c1-2-12-8-13(10-14(9-12)19(11-24)5-3-6-19)15-4-7-25-18-16(15)17(26-27-18)20(21,22)23/h4,7-10H,2-3,5-6,11,24H2,1H3,(H,25,26,27). The SMILES string of the molecule is CCc1cc(-c2ccnc3[nH]nc(C(F)(F)F)c23)cc(C2(CN)CCC2)c1. The average molecular weight is 374 g/mol. The predicted octanol–water partition coefficient (Wildman–Crippen LogP) is 4.59. The minimum absolute atomic E-state index is 0.0135. The number of aryl methyl sites for hydroxylation is 1. The van der Waals surface area contributed by atoms with E-state index in [4.69, 9.17) is 5.73 Å². The highest BCUT2D eigenvalue weighted by molar-refractivity contribution is 5.95. The van der Waals surface area contributed by atoms with Crippen molar-refractivity contribution in [2.75, 3.05) is 6.54 Å². The van der Waals surface area contributed by atoms with Crippen molar-refractivity contribution in [2.24, 2.45) is 5.73 Å². The lowest BCUT2D eigenvalue weighted by atomic mass is 9.64.